The Morgan fingerprint density at radius 2 is 1.46 bits per heavy atom. The number of rotatable bonds is 21. The molecule has 0 spiro atoms. The van der Waals surface area contributed by atoms with E-state index in [1.807, 2.05) is 60.7 Å². The first kappa shape index (κ1) is 49.0. The summed E-state index contributed by atoms with van der Waals surface area (Å²) in [7, 11) is 1.58. The van der Waals surface area contributed by atoms with Crippen molar-refractivity contribution in [2.75, 3.05) is 26.9 Å². The maximum Gasteiger partial charge on any atom is 0.415 e. The number of hydrogen-bond acceptors (Lipinski definition) is 13. The zero-order valence-electron chi connectivity index (χ0n) is 38.8. The average Bonchev–Trinajstić information content (AvgIpc) is 3.37. The van der Waals surface area contributed by atoms with Gasteiger partial charge in [-0.2, -0.15) is 0 Å². The number of fused-ring (bicyclic) bond motifs is 2. The van der Waals surface area contributed by atoms with Crippen LogP contribution >= 0.6 is 0 Å². The molecule has 0 saturated heterocycles. The van der Waals surface area contributed by atoms with E-state index >= 15 is 0 Å². The summed E-state index contributed by atoms with van der Waals surface area (Å²) in [6.45, 7) is 4.06. The fraction of sp³-hybridized carbons (Fsp3) is 0.333. The van der Waals surface area contributed by atoms with Gasteiger partial charge < -0.3 is 38.9 Å². The molecule has 2 N–H and O–H groups in total. The van der Waals surface area contributed by atoms with Crippen LogP contribution in [0.2, 0.25) is 0 Å². The second-order valence-corrected chi connectivity index (χ2v) is 17.7. The highest BCUT2D eigenvalue weighted by atomic mass is 16.7. The molecule has 16 nitrogen and oxygen atoms in total. The van der Waals surface area contributed by atoms with Crippen LogP contribution in [0.1, 0.15) is 62.0 Å². The van der Waals surface area contributed by atoms with Crippen LogP contribution in [0.25, 0.3) is 11.1 Å². The van der Waals surface area contributed by atoms with E-state index in [0.717, 1.165) is 41.5 Å². The zero-order chi connectivity index (χ0) is 49.2. The number of carbonyl (C=O) groups excluding carboxylic acids is 1. The fourth-order valence-corrected chi connectivity index (χ4v) is 10.1. The molecule has 8 rings (SSSR count). The van der Waals surface area contributed by atoms with Crippen molar-refractivity contribution in [1.29, 1.82) is 0 Å². The predicted octanol–water partition coefficient (Wildman–Crippen LogP) is 10.9. The molecule has 0 bridgehead atoms. The molecule has 16 heteroatoms. The number of nitro groups is 2. The maximum atomic E-state index is 14.4. The van der Waals surface area contributed by atoms with E-state index in [2.05, 4.69) is 24.8 Å². The van der Waals surface area contributed by atoms with Gasteiger partial charge in [-0.05, 0) is 114 Å². The minimum absolute atomic E-state index is 0.0141. The Bertz CT molecular complexity index is 2690. The van der Waals surface area contributed by atoms with Gasteiger partial charge in [0.05, 0.1) is 28.1 Å². The van der Waals surface area contributed by atoms with Gasteiger partial charge in [-0.1, -0.05) is 72.6 Å². The average molecular weight is 953 g/mol. The van der Waals surface area contributed by atoms with Crippen LogP contribution in [0.3, 0.4) is 0 Å². The first-order valence-corrected chi connectivity index (χ1v) is 23.5. The van der Waals surface area contributed by atoms with Crippen LogP contribution in [0.5, 0.6) is 23.0 Å². The van der Waals surface area contributed by atoms with Crippen LogP contribution < -0.4 is 14.2 Å². The topological polar surface area (TPSA) is 206 Å². The number of oxime groups is 1. The third-order valence-corrected chi connectivity index (χ3v) is 13.4. The summed E-state index contributed by atoms with van der Waals surface area (Å²) in [5, 5.41) is 47.6. The Balaban J connectivity index is 1.25. The van der Waals surface area contributed by atoms with Crippen molar-refractivity contribution in [2.24, 2.45) is 22.9 Å². The lowest BCUT2D eigenvalue weighted by Gasteiger charge is -2.59. The molecule has 1 amide bonds. The summed E-state index contributed by atoms with van der Waals surface area (Å²) in [6, 6.07) is 34.0. The normalized spacial score (nSPS) is 21.6. The third-order valence-electron chi connectivity index (χ3n) is 13.4. The number of carbonyl (C=O) groups is 1. The number of benzene rings is 5. The van der Waals surface area contributed by atoms with E-state index in [4.69, 9.17) is 28.9 Å². The number of hydrogen-bond donors (Lipinski definition) is 2. The number of aliphatic hydroxyl groups excluding tert-OH is 2. The quantitative estimate of drug-likeness (QED) is 0.0305. The number of aliphatic hydroxyl groups is 2. The van der Waals surface area contributed by atoms with Crippen molar-refractivity contribution in [3.05, 3.63) is 177 Å². The molecule has 1 aliphatic heterocycles. The van der Waals surface area contributed by atoms with Gasteiger partial charge in [0.15, 0.2) is 0 Å². The summed E-state index contributed by atoms with van der Waals surface area (Å²) in [6.07, 6.45) is 7.21. The summed E-state index contributed by atoms with van der Waals surface area (Å²) >= 11 is 0. The van der Waals surface area contributed by atoms with Gasteiger partial charge in [0.1, 0.15) is 35.6 Å². The predicted molar refractivity (Wildman–Crippen MR) is 262 cm³/mol. The van der Waals surface area contributed by atoms with Gasteiger partial charge in [0.25, 0.3) is 11.4 Å². The summed E-state index contributed by atoms with van der Waals surface area (Å²) in [5.74, 6) is -0.851. The molecular formula is C54H56N4O12. The van der Waals surface area contributed by atoms with Crippen molar-refractivity contribution in [2.45, 2.75) is 69.3 Å². The minimum atomic E-state index is -1.58. The number of unbranched alkanes of at least 4 members (excludes halogenated alkanes) is 2. The molecule has 0 radical (unpaired) electrons. The summed E-state index contributed by atoms with van der Waals surface area (Å²) in [5.41, 5.74) is 4.73. The van der Waals surface area contributed by atoms with Gasteiger partial charge in [-0.3, -0.25) is 20.2 Å². The molecular weight excluding hydrogens is 897 g/mol. The number of nitrogens with zero attached hydrogens (tertiary/aromatic N) is 4. The molecule has 5 aromatic rings. The van der Waals surface area contributed by atoms with E-state index in [9.17, 15) is 35.2 Å². The van der Waals surface area contributed by atoms with Crippen molar-refractivity contribution < 1.29 is 48.6 Å². The zero-order valence-corrected chi connectivity index (χ0v) is 38.8. The highest BCUT2D eigenvalue weighted by Gasteiger charge is 2.65. The Hall–Kier alpha value is -7.40. The number of nitro benzene ring substituents is 2. The number of non-ortho nitro benzene ring substituents is 2. The number of likely N-dealkylation sites (N-methyl/N-ethyl adjacent to an activating group) is 1. The van der Waals surface area contributed by atoms with E-state index < -0.39 is 33.7 Å². The first-order chi connectivity index (χ1) is 34.0. The molecule has 3 aliphatic rings. The molecule has 6 atom stereocenters. The van der Waals surface area contributed by atoms with E-state index in [0.29, 0.717) is 47.8 Å². The summed E-state index contributed by atoms with van der Waals surface area (Å²) in [4.78, 5) is 43.7. The highest BCUT2D eigenvalue weighted by molar-refractivity contribution is 6.03. The molecule has 0 unspecified atom stereocenters. The fourth-order valence-electron chi connectivity index (χ4n) is 10.1. The van der Waals surface area contributed by atoms with E-state index in [1.165, 1.54) is 41.3 Å². The second-order valence-electron chi connectivity index (χ2n) is 17.7. The number of amides is 1. The second kappa shape index (κ2) is 22.4. The smallest absolute Gasteiger partial charge is 0.415 e. The Kier molecular flexibility index (Phi) is 15.7. The Labute approximate surface area is 405 Å². The van der Waals surface area contributed by atoms with E-state index in [-0.39, 0.29) is 67.7 Å². The van der Waals surface area contributed by atoms with E-state index in [1.54, 1.807) is 25.3 Å². The van der Waals surface area contributed by atoms with Crippen LogP contribution in [-0.2, 0) is 16.2 Å². The van der Waals surface area contributed by atoms with Gasteiger partial charge in [0, 0.05) is 62.4 Å². The Morgan fingerprint density at radius 1 is 0.829 bits per heavy atom. The number of allylic oxidation sites excluding steroid dienone is 1. The van der Waals surface area contributed by atoms with Gasteiger partial charge in [-0.25, -0.2) is 4.79 Å². The molecule has 364 valence electrons. The van der Waals surface area contributed by atoms with Crippen LogP contribution in [0, 0.1) is 38.0 Å². The first-order valence-electron chi connectivity index (χ1n) is 23.5. The molecule has 1 heterocycles. The summed E-state index contributed by atoms with van der Waals surface area (Å²) < 4.78 is 26.7. The van der Waals surface area contributed by atoms with Crippen LogP contribution in [0.15, 0.2) is 151 Å². The maximum absolute atomic E-state index is 14.4. The van der Waals surface area contributed by atoms with Crippen LogP contribution in [-0.4, -0.2) is 75.5 Å². The van der Waals surface area contributed by atoms with Crippen LogP contribution in [0.4, 0.5) is 16.2 Å². The minimum Gasteiger partial charge on any atom is -0.459 e. The van der Waals surface area contributed by atoms with Crippen molar-refractivity contribution in [3.63, 3.8) is 0 Å². The van der Waals surface area contributed by atoms with Gasteiger partial charge in [0.2, 0.25) is 5.79 Å². The third kappa shape index (κ3) is 10.7. The number of ether oxygens (including phenoxy) is 4. The lowest BCUT2D eigenvalue weighted by Crippen LogP contribution is -2.69. The SMILES string of the molecule is C=CCO[C@@]12Oc3ccc(Oc4ccc(-c5ccccc5)cc4)cc3[C@H]3[C@H](CCCCO)[C@@H](CCCCO)C=C(C(=NOCc4ccc([N+](=O)[O-])cc4)C[C@@H]1N(C)C(=O)Oc1ccc([N+](=O)[O-])cc1)[C@H]32. The molecule has 0 aromatic heterocycles. The monoisotopic (exact) mass is 952 g/mol. The largest absolute Gasteiger partial charge is 0.459 e. The van der Waals surface area contributed by atoms with Gasteiger partial charge in [-0.15, -0.1) is 6.58 Å². The van der Waals surface area contributed by atoms with Crippen molar-refractivity contribution >= 4 is 23.2 Å². The lowest BCUT2D eigenvalue weighted by atomic mass is 9.55. The Morgan fingerprint density at radius 3 is 2.11 bits per heavy atom. The van der Waals surface area contributed by atoms with Crippen molar-refractivity contribution in [3.8, 4) is 34.1 Å². The molecule has 1 fully saturated rings. The molecule has 2 aliphatic carbocycles. The van der Waals surface area contributed by atoms with Gasteiger partial charge >= 0.3 is 6.09 Å². The lowest BCUT2D eigenvalue weighted by molar-refractivity contribution is -0.385. The molecule has 70 heavy (non-hydrogen) atoms. The molecule has 5 aromatic carbocycles. The van der Waals surface area contributed by atoms with Crippen molar-refractivity contribution in [1.82, 2.24) is 4.90 Å². The molecule has 1 saturated carbocycles. The highest BCUT2D eigenvalue weighted by Crippen LogP contribution is 2.62. The standard InChI is InChI=1S/C54H56N4O12/c1-3-31-66-54-50(56(2)53(61)69-43-25-21-41(22-26-43)58(64)65)34-48(55-67-35-36-15-19-40(20-16-36)57(62)63)46-32-39(13-7-9-29-59)45(14-8-10-30-60)51(52(46)54)47-33-44(27-28-49(47)70-54)68-42-23-17-38(18-24-42)37-11-5-4-6-12-37/h3-6,11-12,15-28,32-33,39,45,50-52,59-60H,1,7-10,13-14,29-31,34-35H2,2H3/t39-,45+,50-,51+,52+,54+/m0/s1.